The van der Waals surface area contributed by atoms with Crippen molar-refractivity contribution in [2.45, 2.75) is 32.7 Å². The van der Waals surface area contributed by atoms with E-state index >= 15 is 0 Å². The van der Waals surface area contributed by atoms with Gasteiger partial charge in [0.15, 0.2) is 0 Å². The molecule has 1 amide bonds. The van der Waals surface area contributed by atoms with Gasteiger partial charge in [0.2, 0.25) is 15.9 Å². The molecule has 0 radical (unpaired) electrons. The fourth-order valence-corrected chi connectivity index (χ4v) is 4.98. The minimum atomic E-state index is -3.24. The van der Waals surface area contributed by atoms with Crippen LogP contribution in [-0.2, 0) is 19.6 Å². The predicted molar refractivity (Wildman–Crippen MR) is 110 cm³/mol. The van der Waals surface area contributed by atoms with Crippen molar-refractivity contribution in [3.05, 3.63) is 29.8 Å². The number of ether oxygens (including phenoxy) is 1. The summed E-state index contributed by atoms with van der Waals surface area (Å²) >= 11 is 0. The van der Waals surface area contributed by atoms with E-state index in [0.29, 0.717) is 6.54 Å². The van der Waals surface area contributed by atoms with Crippen LogP contribution >= 0.6 is 0 Å². The summed E-state index contributed by atoms with van der Waals surface area (Å²) in [5.74, 6) is -0.279. The molecule has 2 fully saturated rings. The van der Waals surface area contributed by atoms with Gasteiger partial charge in [-0.25, -0.2) is 12.7 Å². The van der Waals surface area contributed by atoms with Crippen LogP contribution in [0.3, 0.4) is 0 Å². The molecule has 1 aromatic rings. The summed E-state index contributed by atoms with van der Waals surface area (Å²) in [4.78, 5) is 15.0. The van der Waals surface area contributed by atoms with E-state index in [2.05, 4.69) is 22.3 Å². The predicted octanol–water partition coefficient (Wildman–Crippen LogP) is 1.76. The number of rotatable bonds is 6. The Hall–Kier alpha value is -1.64. The quantitative estimate of drug-likeness (QED) is 0.775. The van der Waals surface area contributed by atoms with E-state index in [1.165, 1.54) is 9.99 Å². The van der Waals surface area contributed by atoms with E-state index in [1.54, 1.807) is 6.92 Å². The maximum absolute atomic E-state index is 12.7. The molecule has 8 heteroatoms. The van der Waals surface area contributed by atoms with Crippen molar-refractivity contribution in [3.8, 4) is 0 Å². The number of amides is 1. The summed E-state index contributed by atoms with van der Waals surface area (Å²) in [6.07, 6.45) is 1.45. The number of hydrogen-bond donors (Lipinski definition) is 1. The second-order valence-corrected chi connectivity index (χ2v) is 9.78. The van der Waals surface area contributed by atoms with E-state index in [0.717, 1.165) is 44.7 Å². The van der Waals surface area contributed by atoms with Crippen molar-refractivity contribution in [1.29, 1.82) is 0 Å². The highest BCUT2D eigenvalue weighted by Crippen LogP contribution is 2.23. The SMILES string of the molecule is CCS(=O)(=O)N1CCC[C@H](C(=O)N[C@H](C)c2ccc(N3CCOCC3)cc2)C1. The topological polar surface area (TPSA) is 79.0 Å². The van der Waals surface area contributed by atoms with Gasteiger partial charge in [0.25, 0.3) is 0 Å². The third kappa shape index (κ3) is 5.04. The summed E-state index contributed by atoms with van der Waals surface area (Å²) < 4.78 is 31.1. The normalized spacial score (nSPS) is 22.6. The maximum atomic E-state index is 12.7. The molecule has 1 N–H and O–H groups in total. The van der Waals surface area contributed by atoms with Gasteiger partial charge < -0.3 is 15.0 Å². The number of morpholine rings is 1. The number of carbonyl (C=O) groups is 1. The average molecular weight is 410 g/mol. The first-order chi connectivity index (χ1) is 13.4. The van der Waals surface area contributed by atoms with Gasteiger partial charge in [-0.3, -0.25) is 4.79 Å². The van der Waals surface area contributed by atoms with Crippen molar-refractivity contribution in [1.82, 2.24) is 9.62 Å². The lowest BCUT2D eigenvalue weighted by Gasteiger charge is -2.31. The van der Waals surface area contributed by atoms with Gasteiger partial charge in [-0.15, -0.1) is 0 Å². The lowest BCUT2D eigenvalue weighted by molar-refractivity contribution is -0.126. The number of benzene rings is 1. The minimum absolute atomic E-state index is 0.0687. The van der Waals surface area contributed by atoms with Crippen LogP contribution in [0.2, 0.25) is 0 Å². The molecule has 0 aromatic heterocycles. The van der Waals surface area contributed by atoms with E-state index in [-0.39, 0.29) is 30.2 Å². The third-order valence-corrected chi connectivity index (χ3v) is 7.49. The summed E-state index contributed by atoms with van der Waals surface area (Å²) in [7, 11) is -3.24. The number of carbonyl (C=O) groups excluding carboxylic acids is 1. The lowest BCUT2D eigenvalue weighted by atomic mass is 9.98. The average Bonchev–Trinajstić information content (AvgIpc) is 2.74. The smallest absolute Gasteiger partial charge is 0.224 e. The Bertz CT molecular complexity index is 760. The summed E-state index contributed by atoms with van der Waals surface area (Å²) in [6.45, 7) is 7.69. The Morgan fingerprint density at radius 1 is 1.21 bits per heavy atom. The summed E-state index contributed by atoms with van der Waals surface area (Å²) in [5.41, 5.74) is 2.21. The number of sulfonamides is 1. The molecule has 2 aliphatic rings. The standard InChI is InChI=1S/C20H31N3O4S/c1-3-28(25,26)23-10-4-5-18(15-23)20(24)21-16(2)17-6-8-19(9-7-17)22-11-13-27-14-12-22/h6-9,16,18H,3-5,10-15H2,1-2H3,(H,21,24)/t16-,18+/m1/s1. The molecular formula is C20H31N3O4S. The fourth-order valence-electron chi connectivity index (χ4n) is 3.80. The van der Waals surface area contributed by atoms with Crippen LogP contribution in [0.15, 0.2) is 24.3 Å². The van der Waals surface area contributed by atoms with Crippen molar-refractivity contribution < 1.29 is 17.9 Å². The fraction of sp³-hybridized carbons (Fsp3) is 0.650. The van der Waals surface area contributed by atoms with Gasteiger partial charge in [-0.05, 0) is 44.4 Å². The highest BCUT2D eigenvalue weighted by Gasteiger charge is 2.31. The van der Waals surface area contributed by atoms with Crippen LogP contribution < -0.4 is 10.2 Å². The zero-order chi connectivity index (χ0) is 20.1. The van der Waals surface area contributed by atoms with E-state index < -0.39 is 10.0 Å². The third-order valence-electron chi connectivity index (χ3n) is 5.64. The molecular weight excluding hydrogens is 378 g/mol. The van der Waals surface area contributed by atoms with Gasteiger partial charge >= 0.3 is 0 Å². The van der Waals surface area contributed by atoms with Crippen molar-refractivity contribution >= 4 is 21.6 Å². The zero-order valence-corrected chi connectivity index (χ0v) is 17.6. The number of nitrogens with one attached hydrogen (secondary N) is 1. The van der Waals surface area contributed by atoms with Crippen molar-refractivity contribution in [2.24, 2.45) is 5.92 Å². The largest absolute Gasteiger partial charge is 0.378 e. The van der Waals surface area contributed by atoms with Gasteiger partial charge in [-0.2, -0.15) is 0 Å². The number of nitrogens with zero attached hydrogens (tertiary/aromatic N) is 2. The molecule has 0 saturated carbocycles. The second-order valence-electron chi connectivity index (χ2n) is 7.52. The Morgan fingerprint density at radius 2 is 1.89 bits per heavy atom. The number of piperidine rings is 1. The highest BCUT2D eigenvalue weighted by molar-refractivity contribution is 7.89. The van der Waals surface area contributed by atoms with Crippen LogP contribution in [0.4, 0.5) is 5.69 Å². The molecule has 0 spiro atoms. The van der Waals surface area contributed by atoms with Gasteiger partial charge in [0, 0.05) is 31.9 Å². The van der Waals surface area contributed by atoms with Crippen molar-refractivity contribution in [2.75, 3.05) is 50.0 Å². The molecule has 1 aromatic carbocycles. The Kier molecular flexibility index (Phi) is 6.95. The number of anilines is 1. The molecule has 3 rings (SSSR count). The van der Waals surface area contributed by atoms with Gasteiger partial charge in [-0.1, -0.05) is 12.1 Å². The first kappa shape index (κ1) is 21.1. The molecule has 0 bridgehead atoms. The molecule has 156 valence electrons. The number of hydrogen-bond acceptors (Lipinski definition) is 5. The molecule has 2 atom stereocenters. The first-order valence-electron chi connectivity index (χ1n) is 10.1. The maximum Gasteiger partial charge on any atom is 0.224 e. The molecule has 2 saturated heterocycles. The molecule has 2 heterocycles. The van der Waals surface area contributed by atoms with Gasteiger partial charge in [0.1, 0.15) is 0 Å². The Balaban J connectivity index is 1.57. The van der Waals surface area contributed by atoms with Crippen LogP contribution in [0.5, 0.6) is 0 Å². The minimum Gasteiger partial charge on any atom is -0.378 e. The second kappa shape index (κ2) is 9.24. The van der Waals surface area contributed by atoms with E-state index in [9.17, 15) is 13.2 Å². The molecule has 2 aliphatic heterocycles. The summed E-state index contributed by atoms with van der Waals surface area (Å²) in [6, 6.07) is 8.14. The van der Waals surface area contributed by atoms with Gasteiger partial charge in [0.05, 0.1) is 30.9 Å². The van der Waals surface area contributed by atoms with Crippen LogP contribution in [0.25, 0.3) is 0 Å². The van der Waals surface area contributed by atoms with Crippen molar-refractivity contribution in [3.63, 3.8) is 0 Å². The molecule has 28 heavy (non-hydrogen) atoms. The van der Waals surface area contributed by atoms with E-state index in [4.69, 9.17) is 4.74 Å². The molecule has 0 unspecified atom stereocenters. The molecule has 7 nitrogen and oxygen atoms in total. The molecule has 0 aliphatic carbocycles. The zero-order valence-electron chi connectivity index (χ0n) is 16.8. The van der Waals surface area contributed by atoms with Crippen LogP contribution in [0, 0.1) is 5.92 Å². The van der Waals surface area contributed by atoms with Crippen LogP contribution in [0.1, 0.15) is 38.3 Å². The first-order valence-corrected chi connectivity index (χ1v) is 11.7. The lowest BCUT2D eigenvalue weighted by Crippen LogP contribution is -2.46. The highest BCUT2D eigenvalue weighted by atomic mass is 32.2. The van der Waals surface area contributed by atoms with E-state index in [1.807, 2.05) is 19.1 Å². The summed E-state index contributed by atoms with van der Waals surface area (Å²) in [5, 5.41) is 3.06. The Morgan fingerprint density at radius 3 is 2.54 bits per heavy atom. The Labute approximate surface area is 168 Å². The monoisotopic (exact) mass is 409 g/mol. The van der Waals surface area contributed by atoms with Crippen LogP contribution in [-0.4, -0.2) is 63.8 Å².